The Morgan fingerprint density at radius 3 is 2.85 bits per heavy atom. The Bertz CT molecular complexity index is 525. The Morgan fingerprint density at radius 1 is 1.20 bits per heavy atom. The zero-order chi connectivity index (χ0) is 14.2. The van der Waals surface area contributed by atoms with Gasteiger partial charge in [-0.15, -0.1) is 0 Å². The first-order valence-corrected chi connectivity index (χ1v) is 7.02. The van der Waals surface area contributed by atoms with Gasteiger partial charge in [0, 0.05) is 32.3 Å². The van der Waals surface area contributed by atoms with Gasteiger partial charge < -0.3 is 14.8 Å². The normalized spacial score (nSPS) is 11.3. The highest BCUT2D eigenvalue weighted by Gasteiger charge is 2.08. The van der Waals surface area contributed by atoms with Crippen molar-refractivity contribution in [3.05, 3.63) is 30.0 Å². The van der Waals surface area contributed by atoms with E-state index in [-0.39, 0.29) is 0 Å². The molecular formula is C15H23N3O2. The summed E-state index contributed by atoms with van der Waals surface area (Å²) in [5.41, 5.74) is 2.25. The largest absolute Gasteiger partial charge is 0.385 e. The number of nitrogens with one attached hydrogen (secondary N) is 1. The quantitative estimate of drug-likeness (QED) is 0.710. The smallest absolute Gasteiger partial charge is 0.0841 e. The summed E-state index contributed by atoms with van der Waals surface area (Å²) in [7, 11) is 3.64. The molecule has 2 rings (SSSR count). The summed E-state index contributed by atoms with van der Waals surface area (Å²) in [5, 5.41) is 9.03. The summed E-state index contributed by atoms with van der Waals surface area (Å²) in [4.78, 5) is 0. The van der Waals surface area contributed by atoms with Crippen molar-refractivity contribution in [3.8, 4) is 0 Å². The maximum absolute atomic E-state index is 5.60. The molecule has 0 amide bonds. The molecule has 1 N–H and O–H groups in total. The van der Waals surface area contributed by atoms with Crippen LogP contribution < -0.4 is 5.32 Å². The molecule has 0 aliphatic carbocycles. The molecule has 0 radical (unpaired) electrons. The Hall–Kier alpha value is -1.43. The highest BCUT2D eigenvalue weighted by atomic mass is 16.5. The predicted octanol–water partition coefficient (Wildman–Crippen LogP) is 1.81. The number of aromatic nitrogens is 2. The molecule has 0 bridgehead atoms. The molecule has 20 heavy (non-hydrogen) atoms. The summed E-state index contributed by atoms with van der Waals surface area (Å²) in [6.07, 6.45) is 0.932. The molecule has 0 aliphatic heterocycles. The fourth-order valence-electron chi connectivity index (χ4n) is 2.22. The van der Waals surface area contributed by atoms with Gasteiger partial charge in [-0.3, -0.25) is 4.68 Å². The molecule has 0 saturated carbocycles. The summed E-state index contributed by atoms with van der Waals surface area (Å²) in [6.45, 7) is 3.71. The van der Waals surface area contributed by atoms with Crippen molar-refractivity contribution in [2.45, 2.75) is 19.5 Å². The molecule has 110 valence electrons. The van der Waals surface area contributed by atoms with Crippen LogP contribution in [0.25, 0.3) is 10.9 Å². The molecule has 1 heterocycles. The maximum Gasteiger partial charge on any atom is 0.0841 e. The first-order chi connectivity index (χ1) is 9.86. The van der Waals surface area contributed by atoms with Crippen LogP contribution in [0.5, 0.6) is 0 Å². The summed E-state index contributed by atoms with van der Waals surface area (Å²) < 4.78 is 12.6. The van der Waals surface area contributed by atoms with Gasteiger partial charge in [-0.25, -0.2) is 0 Å². The van der Waals surface area contributed by atoms with Crippen LogP contribution in [0.2, 0.25) is 0 Å². The van der Waals surface area contributed by atoms with Crippen molar-refractivity contribution in [2.75, 3.05) is 34.0 Å². The van der Waals surface area contributed by atoms with Crippen molar-refractivity contribution < 1.29 is 9.47 Å². The van der Waals surface area contributed by atoms with E-state index in [1.54, 1.807) is 7.11 Å². The first kappa shape index (κ1) is 15.0. The van der Waals surface area contributed by atoms with Crippen molar-refractivity contribution in [2.24, 2.45) is 0 Å². The van der Waals surface area contributed by atoms with Gasteiger partial charge in [0.05, 0.1) is 24.4 Å². The van der Waals surface area contributed by atoms with Gasteiger partial charge in [0.15, 0.2) is 0 Å². The minimum absolute atomic E-state index is 0.675. The fraction of sp³-hybridized carbons (Fsp3) is 0.533. The van der Waals surface area contributed by atoms with Crippen LogP contribution in [-0.2, 0) is 22.6 Å². The fourth-order valence-corrected chi connectivity index (χ4v) is 2.22. The second kappa shape index (κ2) is 7.99. The van der Waals surface area contributed by atoms with Gasteiger partial charge in [0.25, 0.3) is 0 Å². The third-order valence-corrected chi connectivity index (χ3v) is 3.16. The number of hydrogen-bond acceptors (Lipinski definition) is 4. The number of hydrogen-bond donors (Lipinski definition) is 1. The van der Waals surface area contributed by atoms with E-state index in [4.69, 9.17) is 9.47 Å². The number of methoxy groups -OCH3 is 1. The first-order valence-electron chi connectivity index (χ1n) is 7.02. The maximum atomic E-state index is 5.60. The van der Waals surface area contributed by atoms with Crippen LogP contribution in [-0.4, -0.2) is 43.8 Å². The third kappa shape index (κ3) is 3.79. The number of ether oxygens (including phenoxy) is 2. The van der Waals surface area contributed by atoms with Gasteiger partial charge in [-0.1, -0.05) is 18.2 Å². The monoisotopic (exact) mass is 277 g/mol. The van der Waals surface area contributed by atoms with Crippen LogP contribution in [0, 0.1) is 0 Å². The third-order valence-electron chi connectivity index (χ3n) is 3.16. The SMILES string of the molecule is CNCc1nn(CCOCCCOC)c2ccccc12. The standard InChI is InChI=1S/C15H23N3O2/c1-16-12-14-13-6-3-4-7-15(13)18(17-14)8-11-20-10-5-9-19-2/h3-4,6-7,16H,5,8-12H2,1-2H3. The molecule has 0 saturated heterocycles. The van der Waals surface area contributed by atoms with E-state index >= 15 is 0 Å². The lowest BCUT2D eigenvalue weighted by Gasteiger charge is -2.05. The number of para-hydroxylation sites is 1. The number of nitrogens with zero attached hydrogens (tertiary/aromatic N) is 2. The lowest BCUT2D eigenvalue weighted by atomic mass is 10.2. The Labute approximate surface area is 119 Å². The average molecular weight is 277 g/mol. The lowest BCUT2D eigenvalue weighted by Crippen LogP contribution is -2.10. The van der Waals surface area contributed by atoms with E-state index in [1.807, 2.05) is 17.8 Å². The van der Waals surface area contributed by atoms with E-state index < -0.39 is 0 Å². The molecular weight excluding hydrogens is 254 g/mol. The molecule has 5 nitrogen and oxygen atoms in total. The molecule has 0 spiro atoms. The van der Waals surface area contributed by atoms with Gasteiger partial charge in [-0.2, -0.15) is 5.10 Å². The Morgan fingerprint density at radius 2 is 2.05 bits per heavy atom. The van der Waals surface area contributed by atoms with E-state index in [2.05, 4.69) is 28.6 Å². The molecule has 0 fully saturated rings. The Kier molecular flexibility index (Phi) is 5.98. The van der Waals surface area contributed by atoms with E-state index in [0.717, 1.165) is 38.4 Å². The molecule has 0 atom stereocenters. The highest BCUT2D eigenvalue weighted by Crippen LogP contribution is 2.18. The summed E-state index contributed by atoms with van der Waals surface area (Å²) in [5.74, 6) is 0. The topological polar surface area (TPSA) is 48.3 Å². The predicted molar refractivity (Wildman–Crippen MR) is 79.8 cm³/mol. The Balaban J connectivity index is 1.95. The molecule has 0 unspecified atom stereocenters. The number of fused-ring (bicyclic) bond motifs is 1. The van der Waals surface area contributed by atoms with Crippen LogP contribution in [0.4, 0.5) is 0 Å². The number of benzene rings is 1. The molecule has 1 aromatic heterocycles. The van der Waals surface area contributed by atoms with Crippen molar-refractivity contribution >= 4 is 10.9 Å². The van der Waals surface area contributed by atoms with Crippen LogP contribution >= 0.6 is 0 Å². The molecule has 0 aliphatic rings. The number of rotatable bonds is 9. The summed E-state index contributed by atoms with van der Waals surface area (Å²) >= 11 is 0. The zero-order valence-electron chi connectivity index (χ0n) is 12.3. The van der Waals surface area contributed by atoms with E-state index in [9.17, 15) is 0 Å². The van der Waals surface area contributed by atoms with Gasteiger partial charge in [-0.05, 0) is 19.5 Å². The van der Waals surface area contributed by atoms with Gasteiger partial charge in [0.1, 0.15) is 0 Å². The van der Waals surface area contributed by atoms with Crippen LogP contribution in [0.1, 0.15) is 12.1 Å². The second-order valence-corrected chi connectivity index (χ2v) is 4.68. The highest BCUT2D eigenvalue weighted by molar-refractivity contribution is 5.81. The van der Waals surface area contributed by atoms with Gasteiger partial charge >= 0.3 is 0 Å². The van der Waals surface area contributed by atoms with Crippen LogP contribution in [0.15, 0.2) is 24.3 Å². The van der Waals surface area contributed by atoms with E-state index in [0.29, 0.717) is 6.61 Å². The second-order valence-electron chi connectivity index (χ2n) is 4.68. The van der Waals surface area contributed by atoms with Crippen LogP contribution in [0.3, 0.4) is 0 Å². The molecule has 5 heteroatoms. The van der Waals surface area contributed by atoms with Crippen molar-refractivity contribution in [1.29, 1.82) is 0 Å². The minimum atomic E-state index is 0.675. The zero-order valence-corrected chi connectivity index (χ0v) is 12.3. The van der Waals surface area contributed by atoms with Crippen molar-refractivity contribution in [1.82, 2.24) is 15.1 Å². The molecule has 2 aromatic rings. The lowest BCUT2D eigenvalue weighted by molar-refractivity contribution is 0.0966. The van der Waals surface area contributed by atoms with Crippen molar-refractivity contribution in [3.63, 3.8) is 0 Å². The summed E-state index contributed by atoms with van der Waals surface area (Å²) in [6, 6.07) is 8.31. The van der Waals surface area contributed by atoms with Gasteiger partial charge in [0.2, 0.25) is 0 Å². The van der Waals surface area contributed by atoms with E-state index in [1.165, 1.54) is 10.9 Å². The average Bonchev–Trinajstić information content (AvgIpc) is 2.82. The molecule has 1 aromatic carbocycles. The minimum Gasteiger partial charge on any atom is -0.385 e.